The van der Waals surface area contributed by atoms with Crippen molar-refractivity contribution in [3.05, 3.63) is 50.8 Å². The van der Waals surface area contributed by atoms with E-state index in [1.807, 2.05) is 31.2 Å². The van der Waals surface area contributed by atoms with Crippen LogP contribution in [0.5, 0.6) is 0 Å². The van der Waals surface area contributed by atoms with E-state index in [1.165, 1.54) is 0 Å². The van der Waals surface area contributed by atoms with Gasteiger partial charge in [-0.3, -0.25) is 0 Å². The van der Waals surface area contributed by atoms with Crippen molar-refractivity contribution in [1.29, 1.82) is 0 Å². The number of rotatable bonds is 1. The third kappa shape index (κ3) is 2.24. The van der Waals surface area contributed by atoms with Gasteiger partial charge < -0.3 is 0 Å². The van der Waals surface area contributed by atoms with Gasteiger partial charge in [-0.05, 0) is 24.6 Å². The van der Waals surface area contributed by atoms with E-state index in [0.29, 0.717) is 16.0 Å². The van der Waals surface area contributed by atoms with E-state index in [4.69, 9.17) is 23.2 Å². The van der Waals surface area contributed by atoms with E-state index in [1.54, 1.807) is 10.6 Å². The van der Waals surface area contributed by atoms with Crippen LogP contribution in [0.4, 0.5) is 0 Å². The molecule has 6 heteroatoms. The molecule has 1 aromatic carbocycles. The van der Waals surface area contributed by atoms with Crippen LogP contribution in [0.3, 0.4) is 0 Å². The van der Waals surface area contributed by atoms with Gasteiger partial charge in [-0.2, -0.15) is 5.10 Å². The lowest BCUT2D eigenvalue weighted by molar-refractivity contribution is 0.918. The highest BCUT2D eigenvalue weighted by Crippen LogP contribution is 2.30. The standard InChI is InChI=1S/C13H8BrCl2N3/c1-7-12(8-2-4-9(14)5-3-8)13-17-10(15)6-11(16)19(13)18-7/h2-6H,1H3. The Kier molecular flexibility index (Phi) is 3.25. The second kappa shape index (κ2) is 4.78. The summed E-state index contributed by atoms with van der Waals surface area (Å²) in [7, 11) is 0. The molecule has 3 nitrogen and oxygen atoms in total. The third-order valence-corrected chi connectivity index (χ3v) is 3.81. The summed E-state index contributed by atoms with van der Waals surface area (Å²) >= 11 is 15.5. The molecule has 19 heavy (non-hydrogen) atoms. The molecule has 0 radical (unpaired) electrons. The first-order valence-electron chi connectivity index (χ1n) is 5.53. The number of nitrogens with zero attached hydrogens (tertiary/aromatic N) is 3. The summed E-state index contributed by atoms with van der Waals surface area (Å²) in [6, 6.07) is 9.54. The minimum Gasteiger partial charge on any atom is -0.216 e. The Labute approximate surface area is 128 Å². The lowest BCUT2D eigenvalue weighted by Gasteiger charge is -2.02. The summed E-state index contributed by atoms with van der Waals surface area (Å²) in [5, 5.41) is 5.21. The fraction of sp³-hybridized carbons (Fsp3) is 0.0769. The molecule has 0 amide bonds. The van der Waals surface area contributed by atoms with Crippen LogP contribution in [0.2, 0.25) is 10.3 Å². The molecule has 96 valence electrons. The maximum Gasteiger partial charge on any atom is 0.166 e. The zero-order chi connectivity index (χ0) is 13.6. The molecule has 0 spiro atoms. The summed E-state index contributed by atoms with van der Waals surface area (Å²) in [5.74, 6) is 0. The normalized spacial score (nSPS) is 11.2. The summed E-state index contributed by atoms with van der Waals surface area (Å²) in [4.78, 5) is 4.33. The molecule has 0 bridgehead atoms. The molecule has 0 unspecified atom stereocenters. The maximum absolute atomic E-state index is 6.13. The van der Waals surface area contributed by atoms with Crippen LogP contribution in [-0.4, -0.2) is 14.6 Å². The number of fused-ring (bicyclic) bond motifs is 1. The molecule has 0 fully saturated rings. The minimum absolute atomic E-state index is 0.357. The van der Waals surface area contributed by atoms with Gasteiger partial charge in [0.15, 0.2) is 5.65 Å². The van der Waals surface area contributed by atoms with E-state index in [-0.39, 0.29) is 0 Å². The molecule has 0 aliphatic heterocycles. The van der Waals surface area contributed by atoms with Gasteiger partial charge in [0.25, 0.3) is 0 Å². The fourth-order valence-corrected chi connectivity index (χ4v) is 2.74. The van der Waals surface area contributed by atoms with Crippen molar-refractivity contribution in [2.45, 2.75) is 6.92 Å². The molecule has 0 aliphatic rings. The van der Waals surface area contributed by atoms with Crippen LogP contribution in [0.1, 0.15) is 5.69 Å². The predicted molar refractivity (Wildman–Crippen MR) is 80.9 cm³/mol. The Hall–Kier alpha value is -1.10. The predicted octanol–water partition coefficient (Wildman–Crippen LogP) is 4.77. The zero-order valence-electron chi connectivity index (χ0n) is 9.86. The van der Waals surface area contributed by atoms with Gasteiger partial charge in [0.2, 0.25) is 0 Å². The van der Waals surface area contributed by atoms with Gasteiger partial charge in [0, 0.05) is 16.1 Å². The van der Waals surface area contributed by atoms with Gasteiger partial charge in [-0.25, -0.2) is 9.50 Å². The van der Waals surface area contributed by atoms with Crippen LogP contribution in [0.15, 0.2) is 34.8 Å². The summed E-state index contributed by atoms with van der Waals surface area (Å²) in [5.41, 5.74) is 3.50. The first kappa shape index (κ1) is 12.9. The molecule has 0 atom stereocenters. The van der Waals surface area contributed by atoms with E-state index in [2.05, 4.69) is 26.0 Å². The SMILES string of the molecule is Cc1nn2c(Cl)cc(Cl)nc2c1-c1ccc(Br)cc1. The third-order valence-electron chi connectivity index (χ3n) is 2.82. The first-order chi connectivity index (χ1) is 9.06. The molecule has 0 N–H and O–H groups in total. The van der Waals surface area contributed by atoms with Crippen LogP contribution >= 0.6 is 39.1 Å². The lowest BCUT2D eigenvalue weighted by atomic mass is 10.1. The van der Waals surface area contributed by atoms with Crippen LogP contribution < -0.4 is 0 Å². The Bertz CT molecular complexity index is 766. The van der Waals surface area contributed by atoms with Gasteiger partial charge in [-0.15, -0.1) is 0 Å². The van der Waals surface area contributed by atoms with Crippen molar-refractivity contribution < 1.29 is 0 Å². The molecule has 0 aliphatic carbocycles. The lowest BCUT2D eigenvalue weighted by Crippen LogP contribution is -1.92. The van der Waals surface area contributed by atoms with Crippen LogP contribution in [0.25, 0.3) is 16.8 Å². The molecule has 0 saturated heterocycles. The average Bonchev–Trinajstić information content (AvgIpc) is 2.67. The van der Waals surface area contributed by atoms with Gasteiger partial charge in [0.05, 0.1) is 5.69 Å². The second-order valence-electron chi connectivity index (χ2n) is 4.10. The minimum atomic E-state index is 0.357. The van der Waals surface area contributed by atoms with E-state index < -0.39 is 0 Å². The van der Waals surface area contributed by atoms with Crippen molar-refractivity contribution >= 4 is 44.8 Å². The zero-order valence-corrected chi connectivity index (χ0v) is 13.0. The Morgan fingerprint density at radius 1 is 1.16 bits per heavy atom. The van der Waals surface area contributed by atoms with Crippen LogP contribution in [0, 0.1) is 6.92 Å². The highest BCUT2D eigenvalue weighted by molar-refractivity contribution is 9.10. The van der Waals surface area contributed by atoms with Crippen molar-refractivity contribution in [1.82, 2.24) is 14.6 Å². The van der Waals surface area contributed by atoms with Crippen LogP contribution in [-0.2, 0) is 0 Å². The Morgan fingerprint density at radius 2 is 1.84 bits per heavy atom. The largest absolute Gasteiger partial charge is 0.216 e. The fourth-order valence-electron chi connectivity index (χ4n) is 2.01. The number of aromatic nitrogens is 3. The first-order valence-corrected chi connectivity index (χ1v) is 7.08. The van der Waals surface area contributed by atoms with E-state index in [0.717, 1.165) is 21.3 Å². The van der Waals surface area contributed by atoms with Crippen molar-refractivity contribution in [2.24, 2.45) is 0 Å². The number of hydrogen-bond acceptors (Lipinski definition) is 2. The Balaban J connectivity index is 2.34. The molecule has 3 rings (SSSR count). The number of halogens is 3. The number of aryl methyl sites for hydroxylation is 1. The van der Waals surface area contributed by atoms with Crippen molar-refractivity contribution in [3.8, 4) is 11.1 Å². The monoisotopic (exact) mass is 355 g/mol. The molecule has 0 saturated carbocycles. The Morgan fingerprint density at radius 3 is 2.53 bits per heavy atom. The smallest absolute Gasteiger partial charge is 0.166 e. The molecular formula is C13H8BrCl2N3. The van der Waals surface area contributed by atoms with E-state index in [9.17, 15) is 0 Å². The number of hydrogen-bond donors (Lipinski definition) is 0. The second-order valence-corrected chi connectivity index (χ2v) is 5.79. The molecule has 3 aromatic rings. The van der Waals surface area contributed by atoms with Crippen molar-refractivity contribution in [3.63, 3.8) is 0 Å². The average molecular weight is 357 g/mol. The summed E-state index contributed by atoms with van der Waals surface area (Å²) < 4.78 is 2.62. The maximum atomic E-state index is 6.13. The quantitative estimate of drug-likeness (QED) is 0.587. The topological polar surface area (TPSA) is 30.2 Å². The van der Waals surface area contributed by atoms with Gasteiger partial charge in [-0.1, -0.05) is 51.3 Å². The van der Waals surface area contributed by atoms with E-state index >= 15 is 0 Å². The van der Waals surface area contributed by atoms with Gasteiger partial charge >= 0.3 is 0 Å². The summed E-state index contributed by atoms with van der Waals surface area (Å²) in [6.07, 6.45) is 0. The molecule has 2 heterocycles. The van der Waals surface area contributed by atoms with Crippen molar-refractivity contribution in [2.75, 3.05) is 0 Å². The van der Waals surface area contributed by atoms with Gasteiger partial charge in [0.1, 0.15) is 10.3 Å². The highest BCUT2D eigenvalue weighted by Gasteiger charge is 2.15. The highest BCUT2D eigenvalue weighted by atomic mass is 79.9. The molecular weight excluding hydrogens is 349 g/mol. The summed E-state index contributed by atoms with van der Waals surface area (Å²) in [6.45, 7) is 1.93. The molecule has 2 aromatic heterocycles. The number of benzene rings is 1.